The van der Waals surface area contributed by atoms with E-state index in [9.17, 15) is 9.90 Å². The van der Waals surface area contributed by atoms with Crippen molar-refractivity contribution in [2.75, 3.05) is 0 Å². The fraction of sp³-hybridized carbons (Fsp3) is 0. The van der Waals surface area contributed by atoms with Gasteiger partial charge in [0.25, 0.3) is 0 Å². The smallest absolute Gasteiger partial charge is 0.199 e. The Balaban J connectivity index is 1.98. The van der Waals surface area contributed by atoms with Gasteiger partial charge in [-0.1, -0.05) is 30.3 Å². The van der Waals surface area contributed by atoms with E-state index in [2.05, 4.69) is 9.98 Å². The van der Waals surface area contributed by atoms with Gasteiger partial charge in [-0.3, -0.25) is 4.79 Å². The van der Waals surface area contributed by atoms with Crippen molar-refractivity contribution in [3.63, 3.8) is 0 Å². The van der Waals surface area contributed by atoms with Crippen LogP contribution in [0.4, 0.5) is 5.82 Å². The summed E-state index contributed by atoms with van der Waals surface area (Å²) in [6, 6.07) is 12.3. The molecule has 0 unspecified atom stereocenters. The topological polar surface area (TPSA) is 62.5 Å². The van der Waals surface area contributed by atoms with Crippen LogP contribution in [-0.4, -0.2) is 22.1 Å². The monoisotopic (exact) mass is 250 g/mol. The third-order valence-electron chi connectivity index (χ3n) is 2.90. The van der Waals surface area contributed by atoms with Crippen molar-refractivity contribution in [2.45, 2.75) is 0 Å². The van der Waals surface area contributed by atoms with E-state index in [1.54, 1.807) is 48.7 Å². The number of hydrogen-bond acceptors (Lipinski definition) is 4. The highest BCUT2D eigenvalue weighted by Gasteiger charge is 2.27. The Morgan fingerprint density at radius 3 is 2.47 bits per heavy atom. The van der Waals surface area contributed by atoms with Crippen LogP contribution in [0.1, 0.15) is 15.9 Å². The second-order valence-electron chi connectivity index (χ2n) is 4.08. The SMILES string of the molecule is O=C1C(/C=N/c2ccccn2)=C(O)c2ccccc21. The van der Waals surface area contributed by atoms with Crippen LogP contribution in [0.2, 0.25) is 0 Å². The van der Waals surface area contributed by atoms with E-state index < -0.39 is 0 Å². The molecule has 0 aliphatic heterocycles. The standard InChI is InChI=1S/C15H10N2O2/c18-14-10-5-1-2-6-11(10)15(19)12(14)9-17-13-7-3-4-8-16-13/h1-9,18H/b17-9+. The molecule has 1 heterocycles. The molecule has 4 nitrogen and oxygen atoms in total. The number of aliphatic imine (C=N–C) groups is 1. The summed E-state index contributed by atoms with van der Waals surface area (Å²) in [6.45, 7) is 0. The molecule has 2 aromatic rings. The number of aliphatic hydroxyl groups excluding tert-OH is 1. The molecule has 0 amide bonds. The minimum absolute atomic E-state index is 0.0275. The molecule has 92 valence electrons. The van der Waals surface area contributed by atoms with Gasteiger partial charge in [0.1, 0.15) is 5.76 Å². The van der Waals surface area contributed by atoms with E-state index in [0.717, 1.165) is 0 Å². The lowest BCUT2D eigenvalue weighted by molar-refractivity contribution is 0.104. The zero-order valence-electron chi connectivity index (χ0n) is 9.95. The Kier molecular flexibility index (Phi) is 2.68. The van der Waals surface area contributed by atoms with Gasteiger partial charge in [-0.15, -0.1) is 0 Å². The van der Waals surface area contributed by atoms with Crippen LogP contribution < -0.4 is 0 Å². The van der Waals surface area contributed by atoms with E-state index in [0.29, 0.717) is 16.9 Å². The number of benzene rings is 1. The highest BCUT2D eigenvalue weighted by molar-refractivity contribution is 6.30. The Morgan fingerprint density at radius 2 is 1.79 bits per heavy atom. The molecule has 0 bridgehead atoms. The minimum Gasteiger partial charge on any atom is -0.506 e. The normalized spacial score (nSPS) is 14.2. The molecule has 0 spiro atoms. The van der Waals surface area contributed by atoms with Crippen LogP contribution in [0, 0.1) is 0 Å². The van der Waals surface area contributed by atoms with Gasteiger partial charge < -0.3 is 5.11 Å². The molecule has 0 saturated carbocycles. The predicted octanol–water partition coefficient (Wildman–Crippen LogP) is 2.95. The van der Waals surface area contributed by atoms with Crippen molar-refractivity contribution in [2.24, 2.45) is 4.99 Å². The van der Waals surface area contributed by atoms with E-state index >= 15 is 0 Å². The summed E-state index contributed by atoms with van der Waals surface area (Å²) >= 11 is 0. The fourth-order valence-corrected chi connectivity index (χ4v) is 1.97. The molecule has 0 saturated heterocycles. The molecule has 0 atom stereocenters. The summed E-state index contributed by atoms with van der Waals surface area (Å²) in [4.78, 5) is 20.2. The number of fused-ring (bicyclic) bond motifs is 1. The molecule has 3 rings (SSSR count). The maximum Gasteiger partial charge on any atom is 0.199 e. The van der Waals surface area contributed by atoms with Gasteiger partial charge in [-0.25, -0.2) is 9.98 Å². The molecular formula is C15H10N2O2. The molecule has 1 aliphatic rings. The predicted molar refractivity (Wildman–Crippen MR) is 72.7 cm³/mol. The van der Waals surface area contributed by atoms with E-state index in [4.69, 9.17) is 0 Å². The number of carbonyl (C=O) groups is 1. The number of hydrogen-bond donors (Lipinski definition) is 1. The number of ketones is 1. The quantitative estimate of drug-likeness (QED) is 0.833. The van der Waals surface area contributed by atoms with Crippen molar-refractivity contribution in [1.29, 1.82) is 0 Å². The first-order valence-electron chi connectivity index (χ1n) is 5.80. The lowest BCUT2D eigenvalue weighted by atomic mass is 10.1. The number of aromatic nitrogens is 1. The van der Waals surface area contributed by atoms with Gasteiger partial charge in [0.2, 0.25) is 0 Å². The third kappa shape index (κ3) is 1.93. The Labute approximate surface area is 109 Å². The van der Waals surface area contributed by atoms with Gasteiger partial charge in [0.15, 0.2) is 11.6 Å². The van der Waals surface area contributed by atoms with Crippen molar-refractivity contribution in [3.05, 3.63) is 65.4 Å². The second-order valence-corrected chi connectivity index (χ2v) is 4.08. The number of allylic oxidation sites excluding steroid dienone is 1. The van der Waals surface area contributed by atoms with Crippen LogP contribution in [0.5, 0.6) is 0 Å². The van der Waals surface area contributed by atoms with Crippen LogP contribution in [0.25, 0.3) is 5.76 Å². The first-order valence-corrected chi connectivity index (χ1v) is 5.80. The zero-order valence-corrected chi connectivity index (χ0v) is 9.95. The average molecular weight is 250 g/mol. The summed E-state index contributed by atoms with van der Waals surface area (Å²) < 4.78 is 0. The van der Waals surface area contributed by atoms with Crippen molar-refractivity contribution in [3.8, 4) is 0 Å². The lowest BCUT2D eigenvalue weighted by Crippen LogP contribution is -1.99. The van der Waals surface area contributed by atoms with E-state index in [1.165, 1.54) is 6.21 Å². The minimum atomic E-state index is -0.215. The molecule has 0 radical (unpaired) electrons. The number of Topliss-reactive ketones (excluding diaryl/α,β-unsaturated/α-hetero) is 1. The Bertz CT molecular complexity index is 703. The van der Waals surface area contributed by atoms with E-state index in [1.807, 2.05) is 0 Å². The van der Waals surface area contributed by atoms with Crippen molar-refractivity contribution >= 4 is 23.6 Å². The number of pyridine rings is 1. The Morgan fingerprint density at radius 1 is 1.05 bits per heavy atom. The van der Waals surface area contributed by atoms with Crippen molar-refractivity contribution in [1.82, 2.24) is 4.98 Å². The molecule has 0 fully saturated rings. The summed E-state index contributed by atoms with van der Waals surface area (Å²) in [5, 5.41) is 10.0. The lowest BCUT2D eigenvalue weighted by Gasteiger charge is -1.95. The fourth-order valence-electron chi connectivity index (χ4n) is 1.97. The van der Waals surface area contributed by atoms with Crippen LogP contribution in [0.15, 0.2) is 59.2 Å². The molecule has 1 aromatic heterocycles. The Hall–Kier alpha value is -2.75. The second kappa shape index (κ2) is 4.49. The number of carbonyl (C=O) groups excluding carboxylic acids is 1. The highest BCUT2D eigenvalue weighted by Crippen LogP contribution is 2.29. The number of rotatable bonds is 2. The average Bonchev–Trinajstić information content (AvgIpc) is 2.71. The van der Waals surface area contributed by atoms with Crippen molar-refractivity contribution < 1.29 is 9.90 Å². The summed E-state index contributed by atoms with van der Waals surface area (Å²) in [6.07, 6.45) is 2.98. The number of nitrogens with zero attached hydrogens (tertiary/aromatic N) is 2. The van der Waals surface area contributed by atoms with Crippen LogP contribution >= 0.6 is 0 Å². The molecule has 19 heavy (non-hydrogen) atoms. The van der Waals surface area contributed by atoms with E-state index in [-0.39, 0.29) is 17.1 Å². The summed E-state index contributed by atoms with van der Waals surface area (Å²) in [7, 11) is 0. The summed E-state index contributed by atoms with van der Waals surface area (Å²) in [5.74, 6) is 0.250. The highest BCUT2D eigenvalue weighted by atomic mass is 16.3. The largest absolute Gasteiger partial charge is 0.506 e. The van der Waals surface area contributed by atoms with Gasteiger partial charge in [0, 0.05) is 23.5 Å². The van der Waals surface area contributed by atoms with Gasteiger partial charge in [-0.05, 0) is 12.1 Å². The molecule has 4 heteroatoms. The molecule has 1 aliphatic carbocycles. The zero-order chi connectivity index (χ0) is 13.2. The van der Waals surface area contributed by atoms with Crippen LogP contribution in [0.3, 0.4) is 0 Å². The first kappa shape index (κ1) is 11.3. The van der Waals surface area contributed by atoms with Crippen LogP contribution in [-0.2, 0) is 0 Å². The molecule has 1 aromatic carbocycles. The van der Waals surface area contributed by atoms with Gasteiger partial charge in [0.05, 0.1) is 5.57 Å². The molecular weight excluding hydrogens is 240 g/mol. The maximum absolute atomic E-state index is 12.1. The van der Waals surface area contributed by atoms with Gasteiger partial charge in [-0.2, -0.15) is 0 Å². The third-order valence-corrected chi connectivity index (χ3v) is 2.90. The number of aliphatic hydroxyl groups is 1. The summed E-state index contributed by atoms with van der Waals surface area (Å²) in [5.41, 5.74) is 1.25. The first-order chi connectivity index (χ1) is 9.27. The van der Waals surface area contributed by atoms with Gasteiger partial charge >= 0.3 is 0 Å². The maximum atomic E-state index is 12.1. The molecule has 1 N–H and O–H groups in total.